The van der Waals surface area contributed by atoms with Gasteiger partial charge in [0, 0.05) is 36.4 Å². The lowest BCUT2D eigenvalue weighted by atomic mass is 9.86. The molecule has 1 saturated heterocycles. The molecule has 0 N–H and O–H groups in total. The van der Waals surface area contributed by atoms with Crippen molar-refractivity contribution >= 4 is 23.1 Å². The fourth-order valence-corrected chi connectivity index (χ4v) is 4.92. The van der Waals surface area contributed by atoms with Gasteiger partial charge in [0.05, 0.1) is 17.9 Å². The second kappa shape index (κ2) is 10.00. The fraction of sp³-hybridized carbons (Fsp3) is 0.286. The maximum absolute atomic E-state index is 12.1. The van der Waals surface area contributed by atoms with E-state index in [0.29, 0.717) is 30.3 Å². The molecular weight excluding hydrogens is 448 g/mol. The zero-order chi connectivity index (χ0) is 23.5. The Labute approximate surface area is 205 Å². The van der Waals surface area contributed by atoms with Crippen LogP contribution in [0.4, 0.5) is 0 Å². The van der Waals surface area contributed by atoms with Crippen LogP contribution in [0.3, 0.4) is 0 Å². The smallest absolute Gasteiger partial charge is 0.338 e. The molecule has 0 spiro atoms. The summed E-state index contributed by atoms with van der Waals surface area (Å²) in [6.45, 7) is 5.28. The number of esters is 1. The minimum absolute atomic E-state index is 0.301. The summed E-state index contributed by atoms with van der Waals surface area (Å²) in [5.74, 6) is 0.540. The second-order valence-electron chi connectivity index (χ2n) is 8.60. The van der Waals surface area contributed by atoms with E-state index in [1.54, 1.807) is 12.3 Å². The number of nitrogens with zero attached hydrogens (tertiary/aromatic N) is 2. The van der Waals surface area contributed by atoms with Crippen LogP contribution in [0.2, 0.25) is 5.02 Å². The van der Waals surface area contributed by atoms with Crippen LogP contribution in [0.25, 0.3) is 5.57 Å². The zero-order valence-corrected chi connectivity index (χ0v) is 20.0. The number of fused-ring (bicyclic) bond motifs is 2. The Morgan fingerprint density at radius 3 is 2.74 bits per heavy atom. The maximum atomic E-state index is 12.1. The minimum Gasteiger partial charge on any atom is -0.488 e. The minimum atomic E-state index is -0.301. The molecule has 0 amide bonds. The first-order chi connectivity index (χ1) is 16.6. The van der Waals surface area contributed by atoms with Crippen LogP contribution in [-0.2, 0) is 17.9 Å². The molecule has 5 nitrogen and oxygen atoms in total. The van der Waals surface area contributed by atoms with E-state index < -0.39 is 0 Å². The molecule has 3 aromatic rings. The van der Waals surface area contributed by atoms with Gasteiger partial charge in [-0.15, -0.1) is 0 Å². The van der Waals surface area contributed by atoms with Crippen molar-refractivity contribution < 1.29 is 14.3 Å². The van der Waals surface area contributed by atoms with Gasteiger partial charge in [0.15, 0.2) is 0 Å². The lowest BCUT2D eigenvalue weighted by Gasteiger charge is -2.30. The third kappa shape index (κ3) is 4.72. The van der Waals surface area contributed by atoms with E-state index in [4.69, 9.17) is 21.1 Å². The number of hydrogen-bond acceptors (Lipinski definition) is 5. The monoisotopic (exact) mass is 474 g/mol. The van der Waals surface area contributed by atoms with Crippen molar-refractivity contribution in [1.82, 2.24) is 9.88 Å². The number of likely N-dealkylation sites (tertiary alicyclic amines) is 1. The lowest BCUT2D eigenvalue weighted by molar-refractivity contribution is 0.0526. The van der Waals surface area contributed by atoms with Crippen molar-refractivity contribution in [1.29, 1.82) is 0 Å². The summed E-state index contributed by atoms with van der Waals surface area (Å²) in [5.41, 5.74) is 7.71. The highest BCUT2D eigenvalue weighted by molar-refractivity contribution is 6.30. The van der Waals surface area contributed by atoms with E-state index in [1.807, 2.05) is 25.1 Å². The largest absolute Gasteiger partial charge is 0.488 e. The quantitative estimate of drug-likeness (QED) is 0.440. The van der Waals surface area contributed by atoms with E-state index in [1.165, 1.54) is 22.3 Å². The standard InChI is InChI=1S/C28H27ClN2O3/c1-2-33-28(32)20-9-12-30-23(15-20)17-31-13-10-19(11-14-31)27-24-6-4-3-5-21(24)18-34-26-16-22(29)7-8-25(26)27/h3-9,12,15-16H,2,10-11,13-14,17-18H2,1H3. The van der Waals surface area contributed by atoms with Crippen LogP contribution in [0.15, 0.2) is 66.4 Å². The highest BCUT2D eigenvalue weighted by Gasteiger charge is 2.25. The normalized spacial score (nSPS) is 15.7. The highest BCUT2D eigenvalue weighted by atomic mass is 35.5. The van der Waals surface area contributed by atoms with Crippen LogP contribution < -0.4 is 4.74 Å². The summed E-state index contributed by atoms with van der Waals surface area (Å²) in [6.07, 6.45) is 3.61. The molecule has 2 aliphatic rings. The van der Waals surface area contributed by atoms with E-state index in [2.05, 4.69) is 40.2 Å². The van der Waals surface area contributed by atoms with Gasteiger partial charge in [-0.1, -0.05) is 41.4 Å². The first kappa shape index (κ1) is 22.6. The van der Waals surface area contributed by atoms with Crippen LogP contribution in [0, 0.1) is 0 Å². The number of halogens is 1. The van der Waals surface area contributed by atoms with Gasteiger partial charge in [-0.3, -0.25) is 9.88 Å². The number of benzene rings is 2. The van der Waals surface area contributed by atoms with Crippen LogP contribution in [-0.4, -0.2) is 35.5 Å². The molecule has 2 aromatic carbocycles. The summed E-state index contributed by atoms with van der Waals surface area (Å²) < 4.78 is 11.3. The van der Waals surface area contributed by atoms with Crippen LogP contribution in [0.1, 0.15) is 52.5 Å². The Kier molecular flexibility index (Phi) is 6.66. The summed E-state index contributed by atoms with van der Waals surface area (Å²) in [6, 6.07) is 18.0. The van der Waals surface area contributed by atoms with E-state index in [0.717, 1.165) is 42.9 Å². The molecule has 34 heavy (non-hydrogen) atoms. The third-order valence-electron chi connectivity index (χ3n) is 6.41. The predicted octanol–water partition coefficient (Wildman–Crippen LogP) is 5.90. The van der Waals surface area contributed by atoms with Gasteiger partial charge in [0.1, 0.15) is 12.4 Å². The summed E-state index contributed by atoms with van der Waals surface area (Å²) >= 11 is 6.28. The number of rotatable bonds is 4. The molecule has 0 atom stereocenters. The molecule has 0 bridgehead atoms. The SMILES string of the molecule is CCOC(=O)c1ccnc(CN2CCC(=C3c4ccccc4COc4cc(Cl)ccc43)CC2)c1. The van der Waals surface area contributed by atoms with Gasteiger partial charge < -0.3 is 9.47 Å². The zero-order valence-electron chi connectivity index (χ0n) is 19.2. The molecule has 6 heteroatoms. The van der Waals surface area contributed by atoms with Gasteiger partial charge >= 0.3 is 5.97 Å². The van der Waals surface area contributed by atoms with Crippen molar-refractivity contribution in [2.24, 2.45) is 0 Å². The highest BCUT2D eigenvalue weighted by Crippen LogP contribution is 2.41. The van der Waals surface area contributed by atoms with Gasteiger partial charge in [-0.2, -0.15) is 0 Å². The maximum Gasteiger partial charge on any atom is 0.338 e. The number of carbonyl (C=O) groups excluding carboxylic acids is 1. The average molecular weight is 475 g/mol. The van der Waals surface area contributed by atoms with Crippen molar-refractivity contribution in [2.45, 2.75) is 32.9 Å². The lowest BCUT2D eigenvalue weighted by Crippen LogP contribution is -2.31. The van der Waals surface area contributed by atoms with Crippen molar-refractivity contribution in [2.75, 3.05) is 19.7 Å². The molecule has 2 aliphatic heterocycles. The average Bonchev–Trinajstić information content (AvgIpc) is 3.01. The fourth-order valence-electron chi connectivity index (χ4n) is 4.76. The molecule has 5 rings (SSSR count). The molecule has 1 aromatic heterocycles. The Morgan fingerprint density at radius 2 is 1.91 bits per heavy atom. The summed E-state index contributed by atoms with van der Waals surface area (Å²) in [5, 5.41) is 0.682. The molecule has 0 saturated carbocycles. The molecule has 174 valence electrons. The third-order valence-corrected chi connectivity index (χ3v) is 6.64. The number of hydrogen-bond donors (Lipinski definition) is 0. The van der Waals surface area contributed by atoms with Crippen molar-refractivity contribution in [3.8, 4) is 5.75 Å². The van der Waals surface area contributed by atoms with Crippen molar-refractivity contribution in [3.05, 3.63) is 99.3 Å². The van der Waals surface area contributed by atoms with E-state index >= 15 is 0 Å². The first-order valence-corrected chi connectivity index (χ1v) is 12.1. The Balaban J connectivity index is 1.39. The number of ether oxygens (including phenoxy) is 2. The van der Waals surface area contributed by atoms with Gasteiger partial charge in [-0.25, -0.2) is 4.79 Å². The predicted molar refractivity (Wildman–Crippen MR) is 133 cm³/mol. The van der Waals surface area contributed by atoms with Crippen molar-refractivity contribution in [3.63, 3.8) is 0 Å². The molecule has 0 aliphatic carbocycles. The Hall–Kier alpha value is -3.15. The molecule has 1 fully saturated rings. The summed E-state index contributed by atoms with van der Waals surface area (Å²) in [7, 11) is 0. The van der Waals surface area contributed by atoms with E-state index in [9.17, 15) is 4.79 Å². The van der Waals surface area contributed by atoms with Crippen LogP contribution in [0.5, 0.6) is 5.75 Å². The number of pyridine rings is 1. The Bertz CT molecular complexity index is 1240. The molecular formula is C28H27ClN2O3. The second-order valence-corrected chi connectivity index (χ2v) is 9.03. The number of carbonyl (C=O) groups is 1. The van der Waals surface area contributed by atoms with E-state index in [-0.39, 0.29) is 5.97 Å². The number of piperidine rings is 1. The van der Waals surface area contributed by atoms with Gasteiger partial charge in [0.25, 0.3) is 0 Å². The molecule has 0 unspecified atom stereocenters. The Morgan fingerprint density at radius 1 is 1.09 bits per heavy atom. The number of aromatic nitrogens is 1. The first-order valence-electron chi connectivity index (χ1n) is 11.7. The van der Waals surface area contributed by atoms with Gasteiger partial charge in [0.2, 0.25) is 0 Å². The van der Waals surface area contributed by atoms with Crippen LogP contribution >= 0.6 is 11.6 Å². The van der Waals surface area contributed by atoms with Gasteiger partial charge in [-0.05, 0) is 66.8 Å². The summed E-state index contributed by atoms with van der Waals surface area (Å²) in [4.78, 5) is 18.9. The molecule has 0 radical (unpaired) electrons. The molecule has 3 heterocycles. The topological polar surface area (TPSA) is 51.7 Å².